The minimum atomic E-state index is -3.70. The molecule has 2 aliphatic heterocycles. The van der Waals surface area contributed by atoms with Crippen LogP contribution < -0.4 is 11.1 Å². The molecule has 0 aliphatic carbocycles. The van der Waals surface area contributed by atoms with Crippen molar-refractivity contribution >= 4 is 38.2 Å². The van der Waals surface area contributed by atoms with Gasteiger partial charge in [-0.15, -0.1) is 11.3 Å². The normalized spacial score (nSPS) is 22.0. The molecule has 0 radical (unpaired) electrons. The molecule has 1 fully saturated rings. The van der Waals surface area contributed by atoms with Gasteiger partial charge in [-0.3, -0.25) is 9.59 Å². The summed E-state index contributed by atoms with van der Waals surface area (Å²) in [6.45, 7) is 5.75. The lowest BCUT2D eigenvalue weighted by molar-refractivity contribution is -0.0440. The van der Waals surface area contributed by atoms with Crippen molar-refractivity contribution in [1.82, 2.24) is 9.21 Å². The van der Waals surface area contributed by atoms with Gasteiger partial charge < -0.3 is 20.7 Å². The first kappa shape index (κ1) is 23.8. The molecule has 1 aromatic heterocycles. The standard InChI is InChI=1S/C22H28N4O5S2/c1-13-10-26(11-14(2)31-13)33(29,30)16-6-4-15(5-7-16)21(28)24-22-19(20(23)27)17-8-9-25(3)12-18(17)32-22/h4-7,13-14H,8-12H2,1-3H3,(H2,23,27)(H,24,28)/t13-,14-/m0/s1. The smallest absolute Gasteiger partial charge is 0.256 e. The molecule has 0 saturated carbocycles. The van der Waals surface area contributed by atoms with E-state index < -0.39 is 21.8 Å². The number of amides is 2. The maximum absolute atomic E-state index is 13.0. The number of sulfonamides is 1. The molecule has 2 aliphatic rings. The van der Waals surface area contributed by atoms with Gasteiger partial charge in [-0.1, -0.05) is 0 Å². The minimum Gasteiger partial charge on any atom is -0.373 e. The van der Waals surface area contributed by atoms with Crippen LogP contribution in [0.3, 0.4) is 0 Å². The molecule has 1 aromatic carbocycles. The van der Waals surface area contributed by atoms with Gasteiger partial charge in [0.15, 0.2) is 0 Å². The molecule has 33 heavy (non-hydrogen) atoms. The van der Waals surface area contributed by atoms with Gasteiger partial charge in [-0.05, 0) is 57.1 Å². The molecule has 3 N–H and O–H groups in total. The number of fused-ring (bicyclic) bond motifs is 1. The number of benzene rings is 1. The Labute approximate surface area is 197 Å². The van der Waals surface area contributed by atoms with Gasteiger partial charge in [0, 0.05) is 36.6 Å². The molecule has 3 heterocycles. The van der Waals surface area contributed by atoms with Crippen LogP contribution in [0.25, 0.3) is 0 Å². The molecule has 2 aromatic rings. The molecule has 9 nitrogen and oxygen atoms in total. The maximum atomic E-state index is 13.0. The van der Waals surface area contributed by atoms with Crippen LogP contribution in [-0.2, 0) is 27.7 Å². The maximum Gasteiger partial charge on any atom is 0.256 e. The molecule has 0 unspecified atom stereocenters. The lowest BCUT2D eigenvalue weighted by Gasteiger charge is -2.34. The van der Waals surface area contributed by atoms with Crippen molar-refractivity contribution in [3.8, 4) is 0 Å². The van der Waals surface area contributed by atoms with Crippen molar-refractivity contribution < 1.29 is 22.7 Å². The Morgan fingerprint density at radius 1 is 1.15 bits per heavy atom. The summed E-state index contributed by atoms with van der Waals surface area (Å²) in [5, 5.41) is 3.23. The van der Waals surface area contributed by atoms with Crippen LogP contribution >= 0.6 is 11.3 Å². The zero-order valence-corrected chi connectivity index (χ0v) is 20.5. The number of nitrogens with zero attached hydrogens (tertiary/aromatic N) is 2. The van der Waals surface area contributed by atoms with Crippen LogP contribution in [0, 0.1) is 0 Å². The molecule has 11 heteroatoms. The number of nitrogens with one attached hydrogen (secondary N) is 1. The van der Waals surface area contributed by atoms with E-state index in [1.54, 1.807) is 0 Å². The first-order valence-corrected chi connectivity index (χ1v) is 13.0. The van der Waals surface area contributed by atoms with Gasteiger partial charge >= 0.3 is 0 Å². The number of rotatable bonds is 5. The van der Waals surface area contributed by atoms with Crippen molar-refractivity contribution in [2.75, 3.05) is 32.0 Å². The summed E-state index contributed by atoms with van der Waals surface area (Å²) in [4.78, 5) is 28.2. The van der Waals surface area contributed by atoms with Gasteiger partial charge in [0.05, 0.1) is 22.7 Å². The Bertz CT molecular complexity index is 1170. The fraction of sp³-hybridized carbons (Fsp3) is 0.455. The van der Waals surface area contributed by atoms with E-state index in [9.17, 15) is 18.0 Å². The lowest BCUT2D eigenvalue weighted by atomic mass is 10.0. The average Bonchev–Trinajstić information content (AvgIpc) is 3.10. The highest BCUT2D eigenvalue weighted by Crippen LogP contribution is 2.37. The van der Waals surface area contributed by atoms with Gasteiger partial charge in [0.1, 0.15) is 5.00 Å². The summed E-state index contributed by atoms with van der Waals surface area (Å²) in [6, 6.07) is 5.80. The number of nitrogens with two attached hydrogens (primary N) is 1. The quantitative estimate of drug-likeness (QED) is 0.657. The zero-order chi connectivity index (χ0) is 23.9. The topological polar surface area (TPSA) is 122 Å². The number of ether oxygens (including phenoxy) is 1. The van der Waals surface area contributed by atoms with Crippen molar-refractivity contribution in [2.45, 2.75) is 43.9 Å². The summed E-state index contributed by atoms with van der Waals surface area (Å²) >= 11 is 1.35. The lowest BCUT2D eigenvalue weighted by Crippen LogP contribution is -2.48. The first-order valence-electron chi connectivity index (χ1n) is 10.8. The molecule has 0 bridgehead atoms. The summed E-state index contributed by atoms with van der Waals surface area (Å²) < 4.78 is 33.1. The summed E-state index contributed by atoms with van der Waals surface area (Å²) in [5.74, 6) is -0.996. The number of hydrogen-bond donors (Lipinski definition) is 2. The number of carbonyl (C=O) groups is 2. The first-order chi connectivity index (χ1) is 15.6. The third-order valence-electron chi connectivity index (χ3n) is 5.86. The number of anilines is 1. The summed E-state index contributed by atoms with van der Waals surface area (Å²) in [5.41, 5.74) is 7.17. The SMILES string of the molecule is C[C@H]1CN(S(=O)(=O)c2ccc(C(=O)Nc3sc4c(c3C(N)=O)CCN(C)C4)cc2)C[C@H](C)O1. The Morgan fingerprint density at radius 3 is 2.39 bits per heavy atom. The molecule has 4 rings (SSSR count). The van der Waals surface area contributed by atoms with Crippen LogP contribution in [0.2, 0.25) is 0 Å². The molecule has 0 spiro atoms. The highest BCUT2D eigenvalue weighted by atomic mass is 32.2. The average molecular weight is 493 g/mol. The second-order valence-electron chi connectivity index (χ2n) is 8.62. The number of hydrogen-bond acceptors (Lipinski definition) is 7. The number of morpholine rings is 1. The van der Waals surface area contributed by atoms with E-state index in [1.807, 2.05) is 20.9 Å². The van der Waals surface area contributed by atoms with Gasteiger partial charge in [0.2, 0.25) is 10.0 Å². The van der Waals surface area contributed by atoms with Crippen LogP contribution in [0.1, 0.15) is 45.0 Å². The second-order valence-corrected chi connectivity index (χ2v) is 11.7. The van der Waals surface area contributed by atoms with Crippen molar-refractivity contribution in [3.63, 3.8) is 0 Å². The monoisotopic (exact) mass is 492 g/mol. The van der Waals surface area contributed by atoms with Gasteiger partial charge in [0.25, 0.3) is 11.8 Å². The Kier molecular flexibility index (Phi) is 6.61. The van der Waals surface area contributed by atoms with Crippen LogP contribution in [0.4, 0.5) is 5.00 Å². The third kappa shape index (κ3) is 4.82. The van der Waals surface area contributed by atoms with Crippen LogP contribution in [0.15, 0.2) is 29.2 Å². The number of thiophene rings is 1. The molecular weight excluding hydrogens is 464 g/mol. The summed E-state index contributed by atoms with van der Waals surface area (Å²) in [6.07, 6.45) is 0.316. The molecule has 2 atom stereocenters. The highest BCUT2D eigenvalue weighted by Gasteiger charge is 2.32. The van der Waals surface area contributed by atoms with E-state index >= 15 is 0 Å². The Morgan fingerprint density at radius 2 is 1.79 bits per heavy atom. The largest absolute Gasteiger partial charge is 0.373 e. The highest BCUT2D eigenvalue weighted by molar-refractivity contribution is 7.89. The minimum absolute atomic E-state index is 0.118. The number of likely N-dealkylation sites (N-methyl/N-ethyl adjacent to an activating group) is 1. The van der Waals surface area contributed by atoms with Gasteiger partial charge in [-0.25, -0.2) is 8.42 Å². The molecule has 178 valence electrons. The van der Waals surface area contributed by atoms with Crippen molar-refractivity contribution in [3.05, 3.63) is 45.8 Å². The summed E-state index contributed by atoms with van der Waals surface area (Å²) in [7, 11) is -1.70. The van der Waals surface area contributed by atoms with Crippen LogP contribution in [-0.4, -0.2) is 68.3 Å². The zero-order valence-electron chi connectivity index (χ0n) is 18.8. The predicted octanol–water partition coefficient (Wildman–Crippen LogP) is 1.89. The number of carbonyl (C=O) groups excluding carboxylic acids is 2. The van der Waals surface area contributed by atoms with Gasteiger partial charge in [-0.2, -0.15) is 4.31 Å². The van der Waals surface area contributed by atoms with E-state index in [0.29, 0.717) is 23.5 Å². The van der Waals surface area contributed by atoms with Crippen molar-refractivity contribution in [2.24, 2.45) is 5.73 Å². The fourth-order valence-corrected chi connectivity index (χ4v) is 7.23. The molecule has 2 amide bonds. The predicted molar refractivity (Wildman–Crippen MR) is 126 cm³/mol. The molecule has 1 saturated heterocycles. The van der Waals surface area contributed by atoms with Crippen molar-refractivity contribution in [1.29, 1.82) is 0 Å². The third-order valence-corrected chi connectivity index (χ3v) is 8.84. The van der Waals surface area contributed by atoms with E-state index in [0.717, 1.165) is 17.0 Å². The van der Waals surface area contributed by atoms with E-state index in [4.69, 9.17) is 10.5 Å². The second kappa shape index (κ2) is 9.15. The van der Waals surface area contributed by atoms with Crippen LogP contribution in [0.5, 0.6) is 0 Å². The van der Waals surface area contributed by atoms with E-state index in [1.165, 1.54) is 39.9 Å². The van der Waals surface area contributed by atoms with E-state index in [2.05, 4.69) is 10.2 Å². The fourth-order valence-electron chi connectivity index (χ4n) is 4.31. The van der Waals surface area contributed by atoms with E-state index in [-0.39, 0.29) is 35.8 Å². The Balaban J connectivity index is 1.53. The Hall–Kier alpha value is -2.31. The molecular formula is C22H28N4O5S2. The number of primary amides is 1.